The van der Waals surface area contributed by atoms with Crippen molar-refractivity contribution in [2.75, 3.05) is 52.4 Å². The standard InChI is InChI=1S/C11H26N4/c1-11-9-14-7-5-12-3-2-4-13-6-8-15-10-11/h11-15H,2-10H2,1H3. The molecule has 1 saturated heterocycles. The third-order valence-electron chi connectivity index (χ3n) is 2.65. The molecule has 0 atom stereocenters. The van der Waals surface area contributed by atoms with Crippen molar-refractivity contribution in [2.45, 2.75) is 13.3 Å². The molecule has 0 radical (unpaired) electrons. The monoisotopic (exact) mass is 214 g/mol. The largest absolute Gasteiger partial charge is 0.315 e. The molecule has 1 aliphatic heterocycles. The van der Waals surface area contributed by atoms with Crippen LogP contribution in [0.15, 0.2) is 0 Å². The van der Waals surface area contributed by atoms with Crippen LogP contribution in [0.4, 0.5) is 0 Å². The maximum atomic E-state index is 3.47. The van der Waals surface area contributed by atoms with Gasteiger partial charge >= 0.3 is 0 Å². The van der Waals surface area contributed by atoms with Crippen LogP contribution < -0.4 is 21.3 Å². The molecule has 1 fully saturated rings. The van der Waals surface area contributed by atoms with Crippen LogP contribution in [0.3, 0.4) is 0 Å². The van der Waals surface area contributed by atoms with Gasteiger partial charge < -0.3 is 21.3 Å². The lowest BCUT2D eigenvalue weighted by Crippen LogP contribution is -2.37. The Balaban J connectivity index is 2.10. The molecule has 0 amide bonds. The summed E-state index contributed by atoms with van der Waals surface area (Å²) in [6.07, 6.45) is 1.22. The topological polar surface area (TPSA) is 48.1 Å². The van der Waals surface area contributed by atoms with Crippen molar-refractivity contribution in [3.05, 3.63) is 0 Å². The maximum absolute atomic E-state index is 3.47. The van der Waals surface area contributed by atoms with Crippen LogP contribution in [0.5, 0.6) is 0 Å². The molecule has 0 aromatic carbocycles. The second kappa shape index (κ2) is 9.09. The summed E-state index contributed by atoms with van der Waals surface area (Å²) < 4.78 is 0. The highest BCUT2D eigenvalue weighted by molar-refractivity contribution is 4.63. The molecule has 90 valence electrons. The van der Waals surface area contributed by atoms with Crippen LogP contribution >= 0.6 is 0 Å². The van der Waals surface area contributed by atoms with Crippen LogP contribution in [0.1, 0.15) is 13.3 Å². The van der Waals surface area contributed by atoms with Crippen LogP contribution in [-0.4, -0.2) is 52.4 Å². The van der Waals surface area contributed by atoms with Crippen LogP contribution in [0.25, 0.3) is 0 Å². The van der Waals surface area contributed by atoms with Crippen LogP contribution in [0.2, 0.25) is 0 Å². The van der Waals surface area contributed by atoms with Gasteiger partial charge in [0.05, 0.1) is 0 Å². The number of hydrogen-bond donors (Lipinski definition) is 4. The van der Waals surface area contributed by atoms with Gasteiger partial charge in [0, 0.05) is 26.2 Å². The van der Waals surface area contributed by atoms with Gasteiger partial charge in [0.15, 0.2) is 0 Å². The molecule has 4 N–H and O–H groups in total. The zero-order valence-electron chi connectivity index (χ0n) is 9.94. The highest BCUT2D eigenvalue weighted by atomic mass is 15.0. The van der Waals surface area contributed by atoms with Crippen molar-refractivity contribution in [3.8, 4) is 0 Å². The molecule has 4 heteroatoms. The van der Waals surface area contributed by atoms with Crippen molar-refractivity contribution >= 4 is 0 Å². The summed E-state index contributed by atoms with van der Waals surface area (Å²) in [7, 11) is 0. The van der Waals surface area contributed by atoms with E-state index in [9.17, 15) is 0 Å². The number of rotatable bonds is 0. The fraction of sp³-hybridized carbons (Fsp3) is 1.00. The molecule has 0 aliphatic carbocycles. The van der Waals surface area contributed by atoms with Gasteiger partial charge in [-0.1, -0.05) is 6.92 Å². The first-order chi connectivity index (χ1) is 7.39. The Kier molecular flexibility index (Phi) is 7.83. The lowest BCUT2D eigenvalue weighted by atomic mass is 10.2. The normalized spacial score (nSPS) is 24.6. The summed E-state index contributed by atoms with van der Waals surface area (Å²) >= 11 is 0. The zero-order chi connectivity index (χ0) is 10.8. The van der Waals surface area contributed by atoms with E-state index < -0.39 is 0 Å². The Morgan fingerprint density at radius 1 is 0.667 bits per heavy atom. The first-order valence-electron chi connectivity index (χ1n) is 6.22. The van der Waals surface area contributed by atoms with Gasteiger partial charge in [-0.2, -0.15) is 0 Å². The zero-order valence-corrected chi connectivity index (χ0v) is 9.94. The summed E-state index contributed by atoms with van der Waals surface area (Å²) in [6.45, 7) is 11.1. The molecule has 1 rings (SSSR count). The van der Waals surface area contributed by atoms with Crippen molar-refractivity contribution < 1.29 is 0 Å². The van der Waals surface area contributed by atoms with E-state index in [1.807, 2.05) is 0 Å². The van der Waals surface area contributed by atoms with Crippen molar-refractivity contribution in [1.82, 2.24) is 21.3 Å². The molecule has 1 heterocycles. The Bertz CT molecular complexity index is 127. The fourth-order valence-electron chi connectivity index (χ4n) is 1.71. The first-order valence-corrected chi connectivity index (χ1v) is 6.22. The first kappa shape index (κ1) is 12.9. The minimum absolute atomic E-state index is 0.716. The molecule has 15 heavy (non-hydrogen) atoms. The van der Waals surface area contributed by atoms with Gasteiger partial charge in [0.2, 0.25) is 0 Å². The number of hydrogen-bond acceptors (Lipinski definition) is 4. The summed E-state index contributed by atoms with van der Waals surface area (Å²) in [5.41, 5.74) is 0. The van der Waals surface area contributed by atoms with Gasteiger partial charge in [-0.25, -0.2) is 0 Å². The quantitative estimate of drug-likeness (QED) is 0.434. The third kappa shape index (κ3) is 7.73. The lowest BCUT2D eigenvalue weighted by Gasteiger charge is -2.15. The minimum Gasteiger partial charge on any atom is -0.315 e. The molecule has 0 aromatic rings. The molecule has 0 bridgehead atoms. The molecule has 4 nitrogen and oxygen atoms in total. The Labute approximate surface area is 93.6 Å². The Hall–Kier alpha value is -0.160. The van der Waals surface area contributed by atoms with E-state index in [1.54, 1.807) is 0 Å². The molecule has 1 aliphatic rings. The van der Waals surface area contributed by atoms with Crippen molar-refractivity contribution in [1.29, 1.82) is 0 Å². The number of nitrogens with one attached hydrogen (secondary N) is 4. The summed E-state index contributed by atoms with van der Waals surface area (Å²) in [6, 6.07) is 0. The summed E-state index contributed by atoms with van der Waals surface area (Å²) in [4.78, 5) is 0. The maximum Gasteiger partial charge on any atom is 0.00768 e. The van der Waals surface area contributed by atoms with Crippen LogP contribution in [0, 0.1) is 5.92 Å². The average molecular weight is 214 g/mol. The van der Waals surface area contributed by atoms with Crippen molar-refractivity contribution in [3.63, 3.8) is 0 Å². The van der Waals surface area contributed by atoms with Gasteiger partial charge in [-0.3, -0.25) is 0 Å². The minimum atomic E-state index is 0.716. The van der Waals surface area contributed by atoms with E-state index in [4.69, 9.17) is 0 Å². The van der Waals surface area contributed by atoms with E-state index in [0.717, 1.165) is 52.4 Å². The molecular formula is C11H26N4. The van der Waals surface area contributed by atoms with E-state index >= 15 is 0 Å². The fourth-order valence-corrected chi connectivity index (χ4v) is 1.71. The highest BCUT2D eigenvalue weighted by Crippen LogP contribution is 1.88. The predicted octanol–water partition coefficient (Wildman–Crippen LogP) is -0.615. The molecular weight excluding hydrogens is 188 g/mol. The molecule has 0 aromatic heterocycles. The third-order valence-corrected chi connectivity index (χ3v) is 2.65. The van der Waals surface area contributed by atoms with Gasteiger partial charge in [0.1, 0.15) is 0 Å². The van der Waals surface area contributed by atoms with E-state index in [2.05, 4.69) is 28.2 Å². The van der Waals surface area contributed by atoms with E-state index in [-0.39, 0.29) is 0 Å². The molecule has 0 saturated carbocycles. The van der Waals surface area contributed by atoms with E-state index in [0.29, 0.717) is 5.92 Å². The Morgan fingerprint density at radius 3 is 1.67 bits per heavy atom. The molecule has 0 unspecified atom stereocenters. The SMILES string of the molecule is CC1CNCCNCCCNCCNC1. The smallest absolute Gasteiger partial charge is 0.00768 e. The lowest BCUT2D eigenvalue weighted by molar-refractivity contribution is 0.457. The predicted molar refractivity (Wildman–Crippen MR) is 65.3 cm³/mol. The Morgan fingerprint density at radius 2 is 1.13 bits per heavy atom. The molecule has 0 spiro atoms. The average Bonchev–Trinajstić information content (AvgIpc) is 2.24. The van der Waals surface area contributed by atoms with Gasteiger partial charge in [-0.15, -0.1) is 0 Å². The highest BCUT2D eigenvalue weighted by Gasteiger charge is 2.00. The van der Waals surface area contributed by atoms with Crippen molar-refractivity contribution in [2.24, 2.45) is 5.92 Å². The second-order valence-corrected chi connectivity index (χ2v) is 4.37. The van der Waals surface area contributed by atoms with Crippen LogP contribution in [-0.2, 0) is 0 Å². The second-order valence-electron chi connectivity index (χ2n) is 4.37. The summed E-state index contributed by atoms with van der Waals surface area (Å²) in [5.74, 6) is 0.716. The van der Waals surface area contributed by atoms with Gasteiger partial charge in [0.25, 0.3) is 0 Å². The van der Waals surface area contributed by atoms with E-state index in [1.165, 1.54) is 6.42 Å². The van der Waals surface area contributed by atoms with Gasteiger partial charge in [-0.05, 0) is 38.5 Å². The summed E-state index contributed by atoms with van der Waals surface area (Å²) in [5, 5.41) is 13.8.